The molecule has 0 bridgehead atoms. The van der Waals surface area contributed by atoms with Gasteiger partial charge in [-0.3, -0.25) is 0 Å². The number of benzene rings is 2. The minimum Gasteiger partial charge on any atom is -0.489 e. The topological polar surface area (TPSA) is 34.1 Å². The van der Waals surface area contributed by atoms with Crippen LogP contribution in [0.15, 0.2) is 60.8 Å². The molecule has 1 N–H and O–H groups in total. The first-order valence-corrected chi connectivity index (χ1v) is 10.6. The molecule has 4 heteroatoms. The summed E-state index contributed by atoms with van der Waals surface area (Å²) in [5, 5.41) is 4.84. The average molecular weight is 379 g/mol. The van der Waals surface area contributed by atoms with Crippen LogP contribution in [-0.2, 0) is 13.2 Å². The molecule has 1 aliphatic rings. The van der Waals surface area contributed by atoms with Crippen LogP contribution in [0.4, 0.5) is 0 Å². The maximum atomic E-state index is 5.87. The number of thiazole rings is 1. The number of rotatable bonds is 7. The highest BCUT2D eigenvalue weighted by molar-refractivity contribution is 7.15. The third-order valence-corrected chi connectivity index (χ3v) is 6.13. The van der Waals surface area contributed by atoms with Gasteiger partial charge in [-0.1, -0.05) is 49.6 Å². The van der Waals surface area contributed by atoms with Gasteiger partial charge in [0.15, 0.2) is 0 Å². The minimum absolute atomic E-state index is 0.595. The van der Waals surface area contributed by atoms with Crippen molar-refractivity contribution in [2.24, 2.45) is 0 Å². The van der Waals surface area contributed by atoms with E-state index >= 15 is 0 Å². The predicted molar refractivity (Wildman–Crippen MR) is 112 cm³/mol. The zero-order chi connectivity index (χ0) is 18.3. The Labute approximate surface area is 165 Å². The molecule has 0 atom stereocenters. The fourth-order valence-electron chi connectivity index (χ4n) is 3.52. The van der Waals surface area contributed by atoms with E-state index in [2.05, 4.69) is 34.6 Å². The third kappa shape index (κ3) is 5.18. The Morgan fingerprint density at radius 1 is 0.963 bits per heavy atom. The van der Waals surface area contributed by atoms with Gasteiger partial charge in [-0.25, -0.2) is 4.98 Å². The summed E-state index contributed by atoms with van der Waals surface area (Å²) in [7, 11) is 0. The molecule has 0 radical (unpaired) electrons. The third-order valence-electron chi connectivity index (χ3n) is 5.09. The van der Waals surface area contributed by atoms with Crippen LogP contribution in [0.1, 0.15) is 42.7 Å². The average Bonchev–Trinajstić information content (AvgIpc) is 3.22. The quantitative estimate of drug-likeness (QED) is 0.563. The van der Waals surface area contributed by atoms with E-state index in [0.29, 0.717) is 12.6 Å². The van der Waals surface area contributed by atoms with Gasteiger partial charge < -0.3 is 10.1 Å². The van der Waals surface area contributed by atoms with Crippen molar-refractivity contribution in [3.05, 3.63) is 71.4 Å². The molecule has 1 aliphatic carbocycles. The highest BCUT2D eigenvalue weighted by Gasteiger charge is 2.13. The summed E-state index contributed by atoms with van der Waals surface area (Å²) in [6.07, 6.45) is 8.72. The van der Waals surface area contributed by atoms with Crippen LogP contribution in [-0.4, -0.2) is 11.0 Å². The summed E-state index contributed by atoms with van der Waals surface area (Å²) in [5.74, 6) is 0.895. The summed E-state index contributed by atoms with van der Waals surface area (Å²) < 4.78 is 5.87. The zero-order valence-electron chi connectivity index (χ0n) is 15.6. The Bertz CT molecular complexity index is 823. The van der Waals surface area contributed by atoms with E-state index in [1.165, 1.54) is 53.1 Å². The van der Waals surface area contributed by atoms with Crippen LogP contribution in [0.3, 0.4) is 0 Å². The predicted octanol–water partition coefficient (Wildman–Crippen LogP) is 5.81. The fourth-order valence-corrected chi connectivity index (χ4v) is 4.39. The summed E-state index contributed by atoms with van der Waals surface area (Å²) >= 11 is 1.78. The number of aromatic nitrogens is 1. The van der Waals surface area contributed by atoms with Gasteiger partial charge in [-0.15, -0.1) is 11.3 Å². The molecule has 3 nitrogen and oxygen atoms in total. The molecular weight excluding hydrogens is 352 g/mol. The molecule has 4 rings (SSSR count). The Hall–Kier alpha value is -2.17. The largest absolute Gasteiger partial charge is 0.489 e. The molecule has 1 fully saturated rings. The van der Waals surface area contributed by atoms with Crippen LogP contribution in [0.5, 0.6) is 5.75 Å². The van der Waals surface area contributed by atoms with Gasteiger partial charge in [-0.2, -0.15) is 0 Å². The van der Waals surface area contributed by atoms with E-state index in [1.807, 2.05) is 36.5 Å². The van der Waals surface area contributed by atoms with Gasteiger partial charge in [0.2, 0.25) is 0 Å². The molecule has 1 heterocycles. The van der Waals surface area contributed by atoms with E-state index in [-0.39, 0.29) is 0 Å². The van der Waals surface area contributed by atoms with Gasteiger partial charge in [-0.05, 0) is 48.2 Å². The van der Waals surface area contributed by atoms with Gasteiger partial charge in [0, 0.05) is 18.8 Å². The molecule has 0 spiro atoms. The molecule has 27 heavy (non-hydrogen) atoms. The fraction of sp³-hybridized carbons (Fsp3) is 0.348. The van der Waals surface area contributed by atoms with E-state index in [9.17, 15) is 0 Å². The van der Waals surface area contributed by atoms with Crippen LogP contribution in [0.25, 0.3) is 10.4 Å². The molecule has 1 saturated carbocycles. The molecule has 3 aromatic rings. The Morgan fingerprint density at radius 3 is 2.52 bits per heavy atom. The summed E-state index contributed by atoms with van der Waals surface area (Å²) in [5.41, 5.74) is 2.38. The lowest BCUT2D eigenvalue weighted by Gasteiger charge is -2.22. The number of hydrogen-bond donors (Lipinski definition) is 1. The van der Waals surface area contributed by atoms with Crippen LogP contribution in [0.2, 0.25) is 0 Å². The highest BCUT2D eigenvalue weighted by Crippen LogP contribution is 2.28. The van der Waals surface area contributed by atoms with Crippen LogP contribution < -0.4 is 10.1 Å². The minimum atomic E-state index is 0.595. The van der Waals surface area contributed by atoms with E-state index < -0.39 is 0 Å². The summed E-state index contributed by atoms with van der Waals surface area (Å²) in [6, 6.07) is 19.2. The van der Waals surface area contributed by atoms with Crippen LogP contribution in [0, 0.1) is 0 Å². The highest BCUT2D eigenvalue weighted by atomic mass is 32.1. The lowest BCUT2D eigenvalue weighted by atomic mass is 9.96. The maximum absolute atomic E-state index is 5.87. The van der Waals surface area contributed by atoms with E-state index in [4.69, 9.17) is 4.74 Å². The molecular formula is C23H26N2OS. The van der Waals surface area contributed by atoms with Gasteiger partial charge >= 0.3 is 0 Å². The van der Waals surface area contributed by atoms with Gasteiger partial charge in [0.25, 0.3) is 0 Å². The number of nitrogens with one attached hydrogen (secondary N) is 1. The Balaban J connectivity index is 1.31. The first kappa shape index (κ1) is 18.2. The molecule has 0 saturated heterocycles. The lowest BCUT2D eigenvalue weighted by molar-refractivity contribution is 0.306. The van der Waals surface area contributed by atoms with Crippen molar-refractivity contribution in [3.8, 4) is 16.2 Å². The van der Waals surface area contributed by atoms with Crippen molar-refractivity contribution >= 4 is 11.3 Å². The van der Waals surface area contributed by atoms with E-state index in [0.717, 1.165) is 12.3 Å². The number of ether oxygens (including phenoxy) is 1. The molecule has 0 aliphatic heterocycles. The standard InChI is InChI=1S/C23H26N2OS/c1-3-7-18(8-4-1)17-26-21-13-11-19(12-14-21)22-15-25-23(27-22)16-24-20-9-5-2-6-10-20/h1,3-4,7-8,11-15,20,24H,2,5-6,9-10,16-17H2. The normalized spacial score (nSPS) is 15.0. The SMILES string of the molecule is c1ccc(COc2ccc(-c3cnc(CNC4CCCCC4)s3)cc2)cc1. The second-order valence-electron chi connectivity index (χ2n) is 7.13. The zero-order valence-corrected chi connectivity index (χ0v) is 16.4. The first-order valence-electron chi connectivity index (χ1n) is 9.82. The smallest absolute Gasteiger partial charge is 0.119 e. The van der Waals surface area contributed by atoms with Crippen molar-refractivity contribution < 1.29 is 4.74 Å². The summed E-state index contributed by atoms with van der Waals surface area (Å²) in [4.78, 5) is 5.81. The van der Waals surface area contributed by atoms with Crippen molar-refractivity contribution in [1.29, 1.82) is 0 Å². The second kappa shape index (κ2) is 9.16. The van der Waals surface area contributed by atoms with E-state index in [1.54, 1.807) is 11.3 Å². The lowest BCUT2D eigenvalue weighted by Crippen LogP contribution is -2.30. The van der Waals surface area contributed by atoms with Gasteiger partial charge in [0.1, 0.15) is 17.4 Å². The first-order chi connectivity index (χ1) is 13.4. The molecule has 0 unspecified atom stereocenters. The molecule has 140 valence electrons. The molecule has 0 amide bonds. The van der Waals surface area contributed by atoms with Crippen LogP contribution >= 0.6 is 11.3 Å². The number of nitrogens with zero attached hydrogens (tertiary/aromatic N) is 1. The Kier molecular flexibility index (Phi) is 6.17. The van der Waals surface area contributed by atoms with Crippen molar-refractivity contribution in [3.63, 3.8) is 0 Å². The monoisotopic (exact) mass is 378 g/mol. The molecule has 2 aromatic carbocycles. The summed E-state index contributed by atoms with van der Waals surface area (Å²) in [6.45, 7) is 1.48. The maximum Gasteiger partial charge on any atom is 0.119 e. The van der Waals surface area contributed by atoms with Crippen molar-refractivity contribution in [1.82, 2.24) is 10.3 Å². The van der Waals surface area contributed by atoms with Crippen molar-refractivity contribution in [2.45, 2.75) is 51.3 Å². The second-order valence-corrected chi connectivity index (χ2v) is 8.25. The molecule has 1 aromatic heterocycles. The van der Waals surface area contributed by atoms with Gasteiger partial charge in [0.05, 0.1) is 4.88 Å². The van der Waals surface area contributed by atoms with Crippen molar-refractivity contribution in [2.75, 3.05) is 0 Å². The Morgan fingerprint density at radius 2 is 1.74 bits per heavy atom. The number of hydrogen-bond acceptors (Lipinski definition) is 4.